The molecule has 0 aromatic carbocycles. The lowest BCUT2D eigenvalue weighted by atomic mass is 10.2. The number of pyridine rings is 1. The molecule has 1 amide bonds. The molecule has 0 saturated carbocycles. The summed E-state index contributed by atoms with van der Waals surface area (Å²) in [7, 11) is 0. The summed E-state index contributed by atoms with van der Waals surface area (Å²) in [5.41, 5.74) is 2.16. The Balaban J connectivity index is 2.51. The average molecular weight is 246 g/mol. The molecule has 0 aliphatic heterocycles. The Kier molecular flexibility index (Phi) is 3.29. The normalized spacial score (nSPS) is 10.6. The number of rotatable bonds is 2. The number of aromatic nitrogens is 1. The third-order valence-electron chi connectivity index (χ3n) is 2.33. The zero-order valence-electron chi connectivity index (χ0n) is 9.20. The molecule has 0 aliphatic rings. The SMILES string of the molecule is Cc1cc(C)c2cc(C(=O)N[CH2][Al])sc2n1. The van der Waals surface area contributed by atoms with Crippen LogP contribution in [0.15, 0.2) is 12.1 Å². The third kappa shape index (κ3) is 2.12. The van der Waals surface area contributed by atoms with E-state index in [1.54, 1.807) is 0 Å². The number of carbonyl (C=O) groups is 1. The molecule has 2 aromatic heterocycles. The molecule has 0 saturated heterocycles. The number of nitrogens with zero attached hydrogens (tertiary/aromatic N) is 1. The minimum absolute atomic E-state index is 0.0324. The quantitative estimate of drug-likeness (QED) is 0.820. The maximum Gasteiger partial charge on any atom is 0.260 e. The molecule has 2 aromatic rings. The molecular formula is C11H11AlN2OS. The lowest BCUT2D eigenvalue weighted by molar-refractivity contribution is 0.0964. The van der Waals surface area contributed by atoms with Gasteiger partial charge in [0.25, 0.3) is 5.91 Å². The summed E-state index contributed by atoms with van der Waals surface area (Å²) >= 11 is 3.92. The summed E-state index contributed by atoms with van der Waals surface area (Å²) < 4.78 is 0. The smallest absolute Gasteiger partial charge is 0.260 e. The first kappa shape index (κ1) is 11.6. The number of carbonyl (C=O) groups excluding carboxylic acids is 1. The summed E-state index contributed by atoms with van der Waals surface area (Å²) in [5, 5.41) is 4.41. The number of thiophene rings is 1. The monoisotopic (exact) mass is 246 g/mol. The van der Waals surface area contributed by atoms with Crippen molar-refractivity contribution in [3.8, 4) is 0 Å². The average Bonchev–Trinajstić information content (AvgIpc) is 2.62. The van der Waals surface area contributed by atoms with E-state index in [1.165, 1.54) is 16.9 Å². The molecule has 16 heavy (non-hydrogen) atoms. The highest BCUT2D eigenvalue weighted by Crippen LogP contribution is 2.26. The number of nitrogens with one attached hydrogen (secondary N) is 1. The summed E-state index contributed by atoms with van der Waals surface area (Å²) in [5.74, 6) is -0.0324. The maximum atomic E-state index is 11.7. The largest absolute Gasteiger partial charge is 0.367 e. The highest BCUT2D eigenvalue weighted by molar-refractivity contribution is 7.20. The van der Waals surface area contributed by atoms with E-state index >= 15 is 0 Å². The van der Waals surface area contributed by atoms with Crippen molar-refractivity contribution in [2.24, 2.45) is 0 Å². The van der Waals surface area contributed by atoms with Crippen molar-refractivity contribution in [3.05, 3.63) is 28.3 Å². The van der Waals surface area contributed by atoms with Crippen LogP contribution in [0, 0.1) is 13.8 Å². The van der Waals surface area contributed by atoms with E-state index in [1.807, 2.05) is 26.0 Å². The van der Waals surface area contributed by atoms with Crippen LogP contribution in [-0.2, 0) is 0 Å². The fourth-order valence-electron chi connectivity index (χ4n) is 1.62. The molecule has 2 radical (unpaired) electrons. The van der Waals surface area contributed by atoms with Crippen molar-refractivity contribution in [1.29, 1.82) is 0 Å². The Morgan fingerprint density at radius 1 is 1.50 bits per heavy atom. The van der Waals surface area contributed by atoms with Gasteiger partial charge < -0.3 is 5.32 Å². The summed E-state index contributed by atoms with van der Waals surface area (Å²) in [6.45, 7) is 4.01. The van der Waals surface area contributed by atoms with Gasteiger partial charge in [-0.1, -0.05) is 5.41 Å². The Hall–Kier alpha value is -0.888. The highest BCUT2D eigenvalue weighted by atomic mass is 32.1. The van der Waals surface area contributed by atoms with Crippen molar-refractivity contribution >= 4 is 43.8 Å². The van der Waals surface area contributed by atoms with Crippen LogP contribution in [0.1, 0.15) is 20.9 Å². The van der Waals surface area contributed by atoms with Gasteiger partial charge in [-0.15, -0.1) is 11.3 Å². The maximum absolute atomic E-state index is 11.7. The van der Waals surface area contributed by atoms with Gasteiger partial charge in [-0.05, 0) is 31.5 Å². The first-order valence-corrected chi connectivity index (χ1v) is 6.61. The molecule has 0 fully saturated rings. The molecular weight excluding hydrogens is 235 g/mol. The number of amides is 1. The van der Waals surface area contributed by atoms with Gasteiger partial charge in [-0.25, -0.2) is 4.98 Å². The highest BCUT2D eigenvalue weighted by Gasteiger charge is 2.11. The second-order valence-corrected chi connectivity index (χ2v) is 5.06. The molecule has 1 N–H and O–H groups in total. The Morgan fingerprint density at radius 3 is 2.94 bits per heavy atom. The molecule has 0 spiro atoms. The topological polar surface area (TPSA) is 42.0 Å². The Labute approximate surface area is 106 Å². The molecule has 0 aliphatic carbocycles. The Bertz CT molecular complexity index is 550. The number of aryl methyl sites for hydroxylation is 2. The van der Waals surface area contributed by atoms with E-state index in [0.717, 1.165) is 20.8 Å². The van der Waals surface area contributed by atoms with Crippen molar-refractivity contribution in [1.82, 2.24) is 10.3 Å². The molecule has 0 atom stereocenters. The fraction of sp³-hybridized carbons (Fsp3) is 0.273. The number of hydrogen-bond acceptors (Lipinski definition) is 3. The van der Waals surface area contributed by atoms with Crippen LogP contribution < -0.4 is 5.32 Å². The van der Waals surface area contributed by atoms with Gasteiger partial charge in [-0.2, -0.15) is 0 Å². The summed E-state index contributed by atoms with van der Waals surface area (Å²) in [6, 6.07) is 3.95. The van der Waals surface area contributed by atoms with Crippen LogP contribution >= 0.6 is 11.3 Å². The van der Waals surface area contributed by atoms with Crippen LogP contribution in [0.25, 0.3) is 10.2 Å². The zero-order valence-corrected chi connectivity index (χ0v) is 11.2. The standard InChI is InChI=1S/C11H11N2OS.Al/c1-6-4-7(2)13-11-8(6)5-9(15-11)10(14)12-3;/h4-5H,3H2,1-2H3,(H,12,14);. The second kappa shape index (κ2) is 4.54. The molecule has 2 heterocycles. The molecule has 3 nitrogen and oxygen atoms in total. The lowest BCUT2D eigenvalue weighted by Crippen LogP contribution is -2.23. The fourth-order valence-corrected chi connectivity index (χ4v) is 2.88. The van der Waals surface area contributed by atoms with Gasteiger partial charge in [0, 0.05) is 11.1 Å². The molecule has 80 valence electrons. The molecule has 0 unspecified atom stereocenters. The summed E-state index contributed by atoms with van der Waals surface area (Å²) in [4.78, 5) is 17.8. The van der Waals surface area contributed by atoms with E-state index in [2.05, 4.69) is 26.6 Å². The predicted molar refractivity (Wildman–Crippen MR) is 67.2 cm³/mol. The van der Waals surface area contributed by atoms with Crippen LogP contribution in [0.4, 0.5) is 0 Å². The Morgan fingerprint density at radius 2 is 2.25 bits per heavy atom. The van der Waals surface area contributed by atoms with E-state index in [0.29, 0.717) is 5.41 Å². The number of hydrogen-bond donors (Lipinski definition) is 1. The van der Waals surface area contributed by atoms with E-state index < -0.39 is 0 Å². The van der Waals surface area contributed by atoms with Gasteiger partial charge in [0.2, 0.25) is 0 Å². The van der Waals surface area contributed by atoms with Crippen LogP contribution in [0.3, 0.4) is 0 Å². The number of fused-ring (bicyclic) bond motifs is 1. The van der Waals surface area contributed by atoms with Crippen LogP contribution in [-0.4, -0.2) is 32.6 Å². The second-order valence-electron chi connectivity index (χ2n) is 3.62. The van der Waals surface area contributed by atoms with Gasteiger partial charge in [0.05, 0.1) is 4.88 Å². The predicted octanol–water partition coefficient (Wildman–Crippen LogP) is 1.77. The van der Waals surface area contributed by atoms with Gasteiger partial charge in [-0.3, -0.25) is 4.79 Å². The first-order chi connectivity index (χ1) is 7.61. The van der Waals surface area contributed by atoms with Gasteiger partial charge in [0.1, 0.15) is 4.83 Å². The van der Waals surface area contributed by atoms with E-state index in [9.17, 15) is 4.79 Å². The molecule has 0 bridgehead atoms. The van der Waals surface area contributed by atoms with Gasteiger partial charge >= 0.3 is 0 Å². The van der Waals surface area contributed by atoms with Crippen molar-refractivity contribution < 1.29 is 4.79 Å². The van der Waals surface area contributed by atoms with Crippen molar-refractivity contribution in [2.45, 2.75) is 13.8 Å². The first-order valence-electron chi connectivity index (χ1n) is 4.98. The lowest BCUT2D eigenvalue weighted by Gasteiger charge is -1.96. The molecule has 2 rings (SSSR count). The minimum atomic E-state index is -0.0324. The van der Waals surface area contributed by atoms with Gasteiger partial charge in [0.15, 0.2) is 16.3 Å². The minimum Gasteiger partial charge on any atom is -0.367 e. The molecule has 5 heteroatoms. The zero-order chi connectivity index (χ0) is 11.7. The van der Waals surface area contributed by atoms with Crippen molar-refractivity contribution in [3.63, 3.8) is 0 Å². The summed E-state index contributed by atoms with van der Waals surface area (Å²) in [6.07, 6.45) is 0. The van der Waals surface area contributed by atoms with Crippen LogP contribution in [0.2, 0.25) is 0 Å². The third-order valence-corrected chi connectivity index (χ3v) is 3.56. The van der Waals surface area contributed by atoms with E-state index in [-0.39, 0.29) is 5.91 Å². The van der Waals surface area contributed by atoms with Crippen LogP contribution in [0.5, 0.6) is 0 Å². The van der Waals surface area contributed by atoms with Crippen molar-refractivity contribution in [2.75, 3.05) is 5.41 Å². The van der Waals surface area contributed by atoms with E-state index in [4.69, 9.17) is 0 Å².